The summed E-state index contributed by atoms with van der Waals surface area (Å²) >= 11 is 0. The Morgan fingerprint density at radius 2 is 1.65 bits per heavy atom. The Balaban J connectivity index is 5.19. The number of carbonyl (C=O) groups is 2. The fourth-order valence-electron chi connectivity index (χ4n) is 1.54. The van der Waals surface area contributed by atoms with E-state index in [1.165, 1.54) is 7.11 Å². The van der Waals surface area contributed by atoms with Crippen LogP contribution in [0.3, 0.4) is 0 Å². The van der Waals surface area contributed by atoms with Crippen molar-refractivity contribution in [3.05, 3.63) is 12.7 Å². The number of methoxy groups -OCH3 is 1. The largest absolute Gasteiger partial charge is 0.371 e. The van der Waals surface area contributed by atoms with Crippen LogP contribution in [0, 0.1) is 11.3 Å². The van der Waals surface area contributed by atoms with E-state index in [-0.39, 0.29) is 11.6 Å². The monoisotopic (exact) mass is 240 g/mol. The molecule has 1 atom stereocenters. The van der Waals surface area contributed by atoms with Gasteiger partial charge in [-0.05, 0) is 20.3 Å². The molecule has 98 valence electrons. The minimum absolute atomic E-state index is 0.0625. The van der Waals surface area contributed by atoms with E-state index in [9.17, 15) is 9.59 Å². The second kappa shape index (κ2) is 5.58. The maximum absolute atomic E-state index is 12.3. The van der Waals surface area contributed by atoms with Crippen LogP contribution in [0.25, 0.3) is 0 Å². The van der Waals surface area contributed by atoms with Crippen molar-refractivity contribution in [2.45, 2.75) is 46.6 Å². The number of hydrogen-bond donors (Lipinski definition) is 0. The van der Waals surface area contributed by atoms with Crippen LogP contribution in [0.1, 0.15) is 41.0 Å². The number of allylic oxidation sites excluding steroid dienone is 1. The summed E-state index contributed by atoms with van der Waals surface area (Å²) in [4.78, 5) is 24.5. The van der Waals surface area contributed by atoms with E-state index in [1.54, 1.807) is 19.9 Å². The van der Waals surface area contributed by atoms with Gasteiger partial charge in [-0.25, -0.2) is 0 Å². The first-order valence-corrected chi connectivity index (χ1v) is 5.82. The van der Waals surface area contributed by atoms with Crippen LogP contribution < -0.4 is 0 Å². The molecular formula is C14H24O3. The van der Waals surface area contributed by atoms with Crippen LogP contribution in [0.15, 0.2) is 12.7 Å². The second-order valence-corrected chi connectivity index (χ2v) is 5.77. The lowest BCUT2D eigenvalue weighted by atomic mass is 9.76. The molecule has 3 heteroatoms. The maximum Gasteiger partial charge on any atom is 0.174 e. The first kappa shape index (κ1) is 16.0. The molecule has 0 spiro atoms. The van der Waals surface area contributed by atoms with Gasteiger partial charge < -0.3 is 4.74 Å². The fourth-order valence-corrected chi connectivity index (χ4v) is 1.54. The Kier molecular flexibility index (Phi) is 5.27. The average molecular weight is 240 g/mol. The highest BCUT2D eigenvalue weighted by Gasteiger charge is 2.40. The average Bonchev–Trinajstić information content (AvgIpc) is 2.22. The smallest absolute Gasteiger partial charge is 0.174 e. The molecule has 0 aliphatic carbocycles. The van der Waals surface area contributed by atoms with E-state index < -0.39 is 16.9 Å². The molecule has 0 aromatic heterocycles. The Labute approximate surface area is 104 Å². The third kappa shape index (κ3) is 4.08. The van der Waals surface area contributed by atoms with Crippen LogP contribution >= 0.6 is 0 Å². The molecule has 0 N–H and O–H groups in total. The number of rotatable bonds is 6. The van der Waals surface area contributed by atoms with E-state index >= 15 is 0 Å². The summed E-state index contributed by atoms with van der Waals surface area (Å²) in [7, 11) is 1.48. The van der Waals surface area contributed by atoms with Gasteiger partial charge >= 0.3 is 0 Å². The van der Waals surface area contributed by atoms with E-state index in [0.29, 0.717) is 6.42 Å². The zero-order valence-corrected chi connectivity index (χ0v) is 11.8. The van der Waals surface area contributed by atoms with Crippen molar-refractivity contribution in [3.8, 4) is 0 Å². The fraction of sp³-hybridized carbons (Fsp3) is 0.714. The lowest BCUT2D eigenvalue weighted by Crippen LogP contribution is -2.44. The molecule has 0 bridgehead atoms. The normalized spacial score (nSPS) is 14.2. The molecule has 17 heavy (non-hydrogen) atoms. The summed E-state index contributed by atoms with van der Waals surface area (Å²) in [6.07, 6.45) is 1.97. The molecule has 3 nitrogen and oxygen atoms in total. The van der Waals surface area contributed by atoms with Gasteiger partial charge in [0.05, 0.1) is 5.92 Å². The van der Waals surface area contributed by atoms with E-state index in [1.807, 2.05) is 20.8 Å². The van der Waals surface area contributed by atoms with Gasteiger partial charge in [-0.3, -0.25) is 9.59 Å². The molecule has 0 aromatic rings. The number of carbonyl (C=O) groups excluding carboxylic acids is 2. The van der Waals surface area contributed by atoms with Crippen LogP contribution in [0.2, 0.25) is 0 Å². The molecule has 0 unspecified atom stereocenters. The third-order valence-corrected chi connectivity index (χ3v) is 2.88. The number of ether oxygens (including phenoxy) is 1. The van der Waals surface area contributed by atoms with Gasteiger partial charge in [0.25, 0.3) is 0 Å². The Hall–Kier alpha value is -0.960. The Bertz CT molecular complexity index is 308. The highest BCUT2D eigenvalue weighted by molar-refractivity contribution is 6.07. The van der Waals surface area contributed by atoms with Gasteiger partial charge in [0.15, 0.2) is 5.78 Å². The molecule has 0 heterocycles. The van der Waals surface area contributed by atoms with Crippen molar-refractivity contribution in [3.63, 3.8) is 0 Å². The zero-order chi connectivity index (χ0) is 13.9. The van der Waals surface area contributed by atoms with Gasteiger partial charge in [-0.2, -0.15) is 0 Å². The predicted molar refractivity (Wildman–Crippen MR) is 68.9 cm³/mol. The summed E-state index contributed by atoms with van der Waals surface area (Å²) in [5.41, 5.74) is -1.47. The number of hydrogen-bond acceptors (Lipinski definition) is 3. The Morgan fingerprint density at radius 1 is 1.18 bits per heavy atom. The van der Waals surface area contributed by atoms with Crippen molar-refractivity contribution >= 4 is 11.6 Å². The van der Waals surface area contributed by atoms with Crippen LogP contribution in [0.4, 0.5) is 0 Å². The lowest BCUT2D eigenvalue weighted by Gasteiger charge is -2.29. The van der Waals surface area contributed by atoms with E-state index in [4.69, 9.17) is 4.74 Å². The highest BCUT2D eigenvalue weighted by Crippen LogP contribution is 2.27. The zero-order valence-electron chi connectivity index (χ0n) is 11.8. The van der Waals surface area contributed by atoms with Gasteiger partial charge in [-0.1, -0.05) is 26.8 Å². The molecule has 0 radical (unpaired) electrons. The lowest BCUT2D eigenvalue weighted by molar-refractivity contribution is -0.148. The molecule has 0 aromatic carbocycles. The predicted octanol–water partition coefficient (Wildman–Crippen LogP) is 2.79. The molecule has 0 saturated carbocycles. The minimum atomic E-state index is -0.936. The van der Waals surface area contributed by atoms with Gasteiger partial charge in [0.2, 0.25) is 0 Å². The summed E-state index contributed by atoms with van der Waals surface area (Å²) in [6.45, 7) is 12.4. The van der Waals surface area contributed by atoms with Crippen LogP contribution in [0.5, 0.6) is 0 Å². The topological polar surface area (TPSA) is 43.4 Å². The van der Waals surface area contributed by atoms with E-state index in [2.05, 4.69) is 6.58 Å². The molecule has 0 aliphatic rings. The van der Waals surface area contributed by atoms with Crippen LogP contribution in [-0.2, 0) is 14.3 Å². The molecule has 0 rings (SSSR count). The van der Waals surface area contributed by atoms with Crippen molar-refractivity contribution in [1.82, 2.24) is 0 Å². The third-order valence-electron chi connectivity index (χ3n) is 2.88. The molecule has 0 aliphatic heterocycles. The van der Waals surface area contributed by atoms with E-state index in [0.717, 1.165) is 0 Å². The SMILES string of the molecule is C=CC[C@H](C(=O)C(C)(C)C)C(=O)C(C)(C)OC. The van der Waals surface area contributed by atoms with Crippen molar-refractivity contribution in [2.75, 3.05) is 7.11 Å². The molecular weight excluding hydrogens is 216 g/mol. The maximum atomic E-state index is 12.3. The second-order valence-electron chi connectivity index (χ2n) is 5.77. The number of ketones is 2. The summed E-state index contributed by atoms with van der Waals surface area (Å²) in [5.74, 6) is -0.908. The summed E-state index contributed by atoms with van der Waals surface area (Å²) in [6, 6.07) is 0. The quantitative estimate of drug-likeness (QED) is 0.529. The Morgan fingerprint density at radius 3 is 1.94 bits per heavy atom. The first-order valence-electron chi connectivity index (χ1n) is 5.82. The molecule has 0 amide bonds. The van der Waals surface area contributed by atoms with Gasteiger partial charge in [0.1, 0.15) is 11.4 Å². The minimum Gasteiger partial charge on any atom is -0.371 e. The van der Waals surface area contributed by atoms with Crippen molar-refractivity contribution in [2.24, 2.45) is 11.3 Å². The summed E-state index contributed by atoms with van der Waals surface area (Å²) < 4.78 is 5.15. The standard InChI is InChI=1S/C14H24O3/c1-8-9-10(11(15)13(2,3)4)12(16)14(5,6)17-7/h8,10H,1,9H2,2-7H3/t10-/m1/s1. The summed E-state index contributed by atoms with van der Waals surface area (Å²) in [5, 5.41) is 0. The highest BCUT2D eigenvalue weighted by atomic mass is 16.5. The first-order chi connectivity index (χ1) is 7.57. The van der Waals surface area contributed by atoms with Gasteiger partial charge in [-0.15, -0.1) is 6.58 Å². The van der Waals surface area contributed by atoms with Gasteiger partial charge in [0, 0.05) is 12.5 Å². The number of Topliss-reactive ketones (excluding diaryl/α,β-unsaturated/α-hetero) is 2. The molecule has 0 fully saturated rings. The van der Waals surface area contributed by atoms with Crippen molar-refractivity contribution < 1.29 is 14.3 Å². The van der Waals surface area contributed by atoms with Crippen molar-refractivity contribution in [1.29, 1.82) is 0 Å². The molecule has 0 saturated heterocycles. The van der Waals surface area contributed by atoms with Crippen LogP contribution in [-0.4, -0.2) is 24.3 Å².